The molecule has 0 aliphatic carbocycles. The van der Waals surface area contributed by atoms with E-state index in [1.807, 2.05) is 41.8 Å². The Bertz CT molecular complexity index is 864. The molecule has 0 radical (unpaired) electrons. The summed E-state index contributed by atoms with van der Waals surface area (Å²) in [7, 11) is 3.67. The molecule has 48 heavy (non-hydrogen) atoms. The van der Waals surface area contributed by atoms with E-state index in [9.17, 15) is 19.2 Å². The number of hydrogen-bond acceptors (Lipinski definition) is 6. The van der Waals surface area contributed by atoms with Crippen molar-refractivity contribution in [1.29, 1.82) is 0 Å². The van der Waals surface area contributed by atoms with Crippen molar-refractivity contribution in [3.05, 3.63) is 0 Å². The first-order chi connectivity index (χ1) is 22.9. The van der Waals surface area contributed by atoms with Gasteiger partial charge in [-0.3, -0.25) is 19.2 Å². The van der Waals surface area contributed by atoms with E-state index >= 15 is 0 Å². The van der Waals surface area contributed by atoms with Crippen molar-refractivity contribution in [2.75, 3.05) is 33.8 Å². The lowest BCUT2D eigenvalue weighted by molar-refractivity contribution is -0.178. The van der Waals surface area contributed by atoms with Crippen molar-refractivity contribution in [3.8, 4) is 0 Å². The number of ether oxygens (including phenoxy) is 2. The van der Waals surface area contributed by atoms with Gasteiger partial charge in [-0.15, -0.1) is 0 Å². The first-order valence-electron chi connectivity index (χ1n) is 19.1. The van der Waals surface area contributed by atoms with E-state index in [4.69, 9.17) is 19.7 Å². The predicted octanol–water partition coefficient (Wildman–Crippen LogP) is 8.24. The second kappa shape index (κ2) is 28.6. The molecule has 0 aliphatic heterocycles. The minimum atomic E-state index is -0.923. The van der Waals surface area contributed by atoms with Crippen LogP contribution >= 0.6 is 0 Å². The van der Waals surface area contributed by atoms with Crippen LogP contribution in [0.4, 0.5) is 0 Å². The van der Waals surface area contributed by atoms with Crippen LogP contribution < -0.4 is 0 Å². The molecule has 0 aromatic rings. The minimum Gasteiger partial charge on any atom is -0.481 e. The van der Waals surface area contributed by atoms with Gasteiger partial charge >= 0.3 is 11.9 Å². The van der Waals surface area contributed by atoms with Gasteiger partial charge in [0.25, 0.3) is 5.91 Å². The Morgan fingerprint density at radius 2 is 0.917 bits per heavy atom. The molecule has 10 heteroatoms. The summed E-state index contributed by atoms with van der Waals surface area (Å²) in [5.41, 5.74) is -0.923. The number of carboxylic acid groups (broad SMARTS) is 2. The molecular formula is C38H72N2O8. The van der Waals surface area contributed by atoms with E-state index in [0.717, 1.165) is 89.9 Å². The van der Waals surface area contributed by atoms with Crippen LogP contribution in [0, 0.1) is 0 Å². The third kappa shape index (κ3) is 22.4. The van der Waals surface area contributed by atoms with Gasteiger partial charge in [0, 0.05) is 40.0 Å². The van der Waals surface area contributed by atoms with Gasteiger partial charge in [-0.1, -0.05) is 104 Å². The highest BCUT2D eigenvalue weighted by atomic mass is 16.6. The van der Waals surface area contributed by atoms with Crippen LogP contribution in [0.15, 0.2) is 0 Å². The molecule has 0 saturated heterocycles. The van der Waals surface area contributed by atoms with Gasteiger partial charge in [-0.2, -0.15) is 0 Å². The summed E-state index contributed by atoms with van der Waals surface area (Å²) in [5.74, 6) is -1.48. The smallest absolute Gasteiger partial charge is 0.303 e. The third-order valence-electron chi connectivity index (χ3n) is 9.62. The van der Waals surface area contributed by atoms with Crippen LogP contribution in [-0.2, 0) is 28.7 Å². The van der Waals surface area contributed by atoms with E-state index in [-0.39, 0.29) is 43.5 Å². The molecule has 2 amide bonds. The number of amides is 2. The van der Waals surface area contributed by atoms with Crippen molar-refractivity contribution in [2.45, 2.75) is 187 Å². The number of nitrogens with zero attached hydrogens (tertiary/aromatic N) is 2. The Hall–Kier alpha value is -2.20. The molecule has 0 unspecified atom stereocenters. The fraction of sp³-hybridized carbons (Fsp3) is 0.895. The summed E-state index contributed by atoms with van der Waals surface area (Å²) < 4.78 is 12.4. The number of carboxylic acids is 2. The average Bonchev–Trinajstić information content (AvgIpc) is 3.06. The van der Waals surface area contributed by atoms with Gasteiger partial charge in [-0.05, 0) is 52.4 Å². The second-order valence-electron chi connectivity index (χ2n) is 13.7. The highest BCUT2D eigenvalue weighted by molar-refractivity contribution is 5.85. The summed E-state index contributed by atoms with van der Waals surface area (Å²) in [6, 6.07) is 0. The summed E-state index contributed by atoms with van der Waals surface area (Å²) in [5, 5.41) is 17.4. The quantitative estimate of drug-likeness (QED) is 0.0661. The first-order valence-corrected chi connectivity index (χ1v) is 19.1. The second-order valence-corrected chi connectivity index (χ2v) is 13.7. The molecule has 0 spiro atoms. The van der Waals surface area contributed by atoms with Gasteiger partial charge in [0.05, 0.1) is 12.2 Å². The lowest BCUT2D eigenvalue weighted by Gasteiger charge is -2.38. The maximum atomic E-state index is 13.6. The van der Waals surface area contributed by atoms with Gasteiger partial charge in [0.1, 0.15) is 12.2 Å². The maximum absolute atomic E-state index is 13.6. The Morgan fingerprint density at radius 1 is 0.562 bits per heavy atom. The summed E-state index contributed by atoms with van der Waals surface area (Å²) >= 11 is 0. The number of aliphatic carboxylic acids is 2. The van der Waals surface area contributed by atoms with E-state index in [0.29, 0.717) is 25.9 Å². The Kier molecular flexibility index (Phi) is 27.3. The van der Waals surface area contributed by atoms with Gasteiger partial charge in [0.2, 0.25) is 5.91 Å². The molecule has 0 bridgehead atoms. The molecule has 0 fully saturated rings. The zero-order valence-corrected chi connectivity index (χ0v) is 31.6. The van der Waals surface area contributed by atoms with Gasteiger partial charge in [0.15, 0.2) is 0 Å². The average molecular weight is 685 g/mol. The molecule has 2 atom stereocenters. The third-order valence-corrected chi connectivity index (χ3v) is 9.62. The number of likely N-dealkylation sites (N-methyl/N-ethyl adjacent to an activating group) is 2. The topological polar surface area (TPSA) is 134 Å². The monoisotopic (exact) mass is 685 g/mol. The largest absolute Gasteiger partial charge is 0.481 e. The highest BCUT2D eigenvalue weighted by Crippen LogP contribution is 2.27. The number of carbonyl (C=O) groups is 4. The van der Waals surface area contributed by atoms with E-state index < -0.39 is 17.5 Å². The standard InChI is InChI=1S/C38H72N2O8/c1-7-38(8-2,37(46)40(6)30-26-22-18-14-10-12-16-20-24-28-36(44)45)48-33(4)32(3)47-31-34(41)39(5)29-25-21-17-13-9-11-15-19-23-27-35(42)43/h32-33H,7-31H2,1-6H3,(H,42,43)(H,44,45)/t32-,33-/m1/s1. The van der Waals surface area contributed by atoms with Crippen molar-refractivity contribution < 1.29 is 38.9 Å². The predicted molar refractivity (Wildman–Crippen MR) is 192 cm³/mol. The van der Waals surface area contributed by atoms with Crippen molar-refractivity contribution >= 4 is 23.8 Å². The summed E-state index contributed by atoms with van der Waals surface area (Å²) in [4.78, 5) is 50.9. The lowest BCUT2D eigenvalue weighted by Crippen LogP contribution is -2.52. The van der Waals surface area contributed by atoms with Crippen molar-refractivity contribution in [1.82, 2.24) is 9.80 Å². The van der Waals surface area contributed by atoms with Crippen LogP contribution in [0.3, 0.4) is 0 Å². The number of carbonyl (C=O) groups excluding carboxylic acids is 2. The summed E-state index contributed by atoms with van der Waals surface area (Å²) in [6.45, 7) is 9.15. The molecule has 2 N–H and O–H groups in total. The highest BCUT2D eigenvalue weighted by Gasteiger charge is 2.40. The molecule has 0 saturated carbocycles. The fourth-order valence-corrected chi connectivity index (χ4v) is 5.97. The van der Waals surface area contributed by atoms with Crippen LogP contribution in [0.25, 0.3) is 0 Å². The Labute approximate surface area is 292 Å². The summed E-state index contributed by atoms with van der Waals surface area (Å²) in [6.07, 6.45) is 20.0. The molecule has 10 nitrogen and oxygen atoms in total. The van der Waals surface area contributed by atoms with Crippen LogP contribution in [0.2, 0.25) is 0 Å². The van der Waals surface area contributed by atoms with Gasteiger partial charge < -0.3 is 29.5 Å². The van der Waals surface area contributed by atoms with Crippen LogP contribution in [0.5, 0.6) is 0 Å². The van der Waals surface area contributed by atoms with Crippen LogP contribution in [0.1, 0.15) is 169 Å². The molecule has 0 heterocycles. The van der Waals surface area contributed by atoms with Crippen LogP contribution in [-0.4, -0.2) is 95.4 Å². The molecule has 0 rings (SSSR count). The molecular weight excluding hydrogens is 612 g/mol. The van der Waals surface area contributed by atoms with Gasteiger partial charge in [-0.25, -0.2) is 0 Å². The fourth-order valence-electron chi connectivity index (χ4n) is 5.97. The van der Waals surface area contributed by atoms with E-state index in [2.05, 4.69) is 0 Å². The molecule has 0 aromatic carbocycles. The zero-order chi connectivity index (χ0) is 36.2. The van der Waals surface area contributed by atoms with E-state index in [1.54, 1.807) is 9.80 Å². The maximum Gasteiger partial charge on any atom is 0.303 e. The minimum absolute atomic E-state index is 0.000500. The van der Waals surface area contributed by atoms with Crippen molar-refractivity contribution in [2.24, 2.45) is 0 Å². The molecule has 282 valence electrons. The Morgan fingerprint density at radius 3 is 1.29 bits per heavy atom. The molecule has 0 aromatic heterocycles. The first kappa shape index (κ1) is 45.8. The van der Waals surface area contributed by atoms with Crippen molar-refractivity contribution in [3.63, 3.8) is 0 Å². The SMILES string of the molecule is CCC(CC)(O[C@H](C)[C@@H](C)OCC(=O)N(C)CCCCCCCCCCCC(=O)O)C(=O)N(C)CCCCCCCCCCCC(=O)O. The number of rotatable bonds is 33. The molecule has 0 aliphatic rings. The number of hydrogen-bond donors (Lipinski definition) is 2. The Balaban J connectivity index is 4.30. The number of unbranched alkanes of at least 4 members (excludes halogenated alkanes) is 16. The lowest BCUT2D eigenvalue weighted by atomic mass is 9.94. The normalized spacial score (nSPS) is 12.9. The van der Waals surface area contributed by atoms with E-state index in [1.165, 1.54) is 25.7 Å². The zero-order valence-electron chi connectivity index (χ0n) is 31.6.